The number of carbonyl (C=O) groups excluding carboxylic acids is 5. The standard InChI is InChI=1S/C40H52ClF3N8O7/c1-47(2)34(53)25-58-35(54)24-49-11-7-26(23-49)22-48-15-17-50(18-16-48)37(55)33(21-27-19-30(40(42,43)44)36(45)31(41)20-27)59-39(57)51-12-9-29(10-13-51)52-14-8-28-5-3-4-6-32(28)46-38(52)56/h3-6,19-20,26,29,33H,7-18,21-25,45H2,1-2H3,(H,46,56)/t26?,33-/m1/s1. The van der Waals surface area contributed by atoms with Crippen LogP contribution in [0.25, 0.3) is 0 Å². The van der Waals surface area contributed by atoms with Crippen molar-refractivity contribution in [3.63, 3.8) is 0 Å². The molecule has 3 saturated heterocycles. The molecule has 15 nitrogen and oxygen atoms in total. The van der Waals surface area contributed by atoms with E-state index in [-0.39, 0.29) is 67.1 Å². The van der Waals surface area contributed by atoms with Crippen LogP contribution >= 0.6 is 11.6 Å². The smallest absolute Gasteiger partial charge is 0.418 e. The second-order valence-corrected chi connectivity index (χ2v) is 16.2. The number of esters is 1. The molecule has 0 saturated carbocycles. The van der Waals surface area contributed by atoms with E-state index in [2.05, 4.69) is 10.2 Å². The third kappa shape index (κ3) is 11.3. The van der Waals surface area contributed by atoms with Gasteiger partial charge in [-0.1, -0.05) is 29.8 Å². The summed E-state index contributed by atoms with van der Waals surface area (Å²) < 4.78 is 52.7. The predicted molar refractivity (Wildman–Crippen MR) is 213 cm³/mol. The number of nitrogens with one attached hydrogen (secondary N) is 1. The maximum atomic E-state index is 14.1. The van der Waals surface area contributed by atoms with Gasteiger partial charge in [0.05, 0.1) is 22.8 Å². The number of nitrogens with zero attached hydrogens (tertiary/aromatic N) is 6. The summed E-state index contributed by atoms with van der Waals surface area (Å²) in [6.07, 6.45) is -4.89. The average molecular weight is 849 g/mol. The third-order valence-electron chi connectivity index (χ3n) is 11.5. The number of hydrogen-bond acceptors (Lipinski definition) is 10. The van der Waals surface area contributed by atoms with Crippen LogP contribution < -0.4 is 11.1 Å². The fourth-order valence-corrected chi connectivity index (χ4v) is 8.38. The average Bonchev–Trinajstić information content (AvgIpc) is 3.56. The molecule has 4 heterocycles. The summed E-state index contributed by atoms with van der Waals surface area (Å²) in [6.45, 7) is 4.57. The normalized spacial score (nSPS) is 20.1. The number of halogens is 4. The number of anilines is 2. The molecule has 3 fully saturated rings. The number of amides is 5. The van der Waals surface area contributed by atoms with E-state index < -0.39 is 41.5 Å². The molecule has 2 aromatic carbocycles. The Morgan fingerprint density at radius 3 is 2.36 bits per heavy atom. The number of hydrogen-bond donors (Lipinski definition) is 2. The molecule has 5 amide bonds. The van der Waals surface area contributed by atoms with Gasteiger partial charge in [0.15, 0.2) is 12.7 Å². The van der Waals surface area contributed by atoms with Gasteiger partial charge in [-0.2, -0.15) is 13.2 Å². The zero-order chi connectivity index (χ0) is 42.4. The SMILES string of the molecule is CN(C)C(=O)COC(=O)CN1CCC(CN2CCN(C(=O)[C@@H](Cc3cc(Cl)c(N)c(C(F)(F)F)c3)OC(=O)N3CCC(N4CCc5ccccc5NC4=O)CC3)CC2)C1. The molecule has 4 aliphatic heterocycles. The van der Waals surface area contributed by atoms with Crippen LogP contribution in [0.15, 0.2) is 36.4 Å². The van der Waals surface area contributed by atoms with Crippen LogP contribution in [0, 0.1) is 5.92 Å². The number of urea groups is 1. The molecule has 0 bridgehead atoms. The van der Waals surface area contributed by atoms with Crippen LogP contribution in [-0.4, -0.2) is 164 Å². The maximum Gasteiger partial charge on any atom is 0.418 e. The summed E-state index contributed by atoms with van der Waals surface area (Å²) in [5, 5.41) is 2.65. The highest BCUT2D eigenvalue weighted by Crippen LogP contribution is 2.38. The monoisotopic (exact) mass is 848 g/mol. The molecule has 3 N–H and O–H groups in total. The minimum atomic E-state index is -4.81. The minimum absolute atomic E-state index is 0.0344. The molecule has 1 unspecified atom stereocenters. The number of likely N-dealkylation sites (N-methyl/N-ethyl adjacent to an activating group) is 1. The van der Waals surface area contributed by atoms with Crippen LogP contribution in [0.2, 0.25) is 5.02 Å². The number of ether oxygens (including phenoxy) is 2. The van der Waals surface area contributed by atoms with Crippen molar-refractivity contribution in [1.29, 1.82) is 0 Å². The van der Waals surface area contributed by atoms with Crippen LogP contribution in [0.5, 0.6) is 0 Å². The number of carbonyl (C=O) groups is 5. The van der Waals surface area contributed by atoms with Crippen molar-refractivity contribution < 1.29 is 46.6 Å². The van der Waals surface area contributed by atoms with Crippen LogP contribution in [0.1, 0.15) is 36.0 Å². The largest absolute Gasteiger partial charge is 0.455 e. The Labute approximate surface area is 346 Å². The highest BCUT2D eigenvalue weighted by atomic mass is 35.5. The Hall–Kier alpha value is -4.81. The van der Waals surface area contributed by atoms with E-state index in [1.807, 2.05) is 29.2 Å². The van der Waals surface area contributed by atoms with Gasteiger partial charge >= 0.3 is 24.3 Å². The number of para-hydroxylation sites is 1. The van der Waals surface area contributed by atoms with Gasteiger partial charge in [0.1, 0.15) is 0 Å². The quantitative estimate of drug-likeness (QED) is 0.253. The molecule has 0 aromatic heterocycles. The second-order valence-electron chi connectivity index (χ2n) is 15.8. The van der Waals surface area contributed by atoms with E-state index in [4.69, 9.17) is 26.8 Å². The van der Waals surface area contributed by atoms with Crippen molar-refractivity contribution in [2.75, 3.05) is 104 Å². The first kappa shape index (κ1) is 43.8. The summed E-state index contributed by atoms with van der Waals surface area (Å²) in [5.41, 5.74) is 5.74. The summed E-state index contributed by atoms with van der Waals surface area (Å²) in [7, 11) is 3.17. The first-order valence-electron chi connectivity index (χ1n) is 19.9. The molecular formula is C40H52ClF3N8O7. The highest BCUT2D eigenvalue weighted by molar-refractivity contribution is 6.33. The van der Waals surface area contributed by atoms with Crippen molar-refractivity contribution >= 4 is 52.9 Å². The zero-order valence-corrected chi connectivity index (χ0v) is 34.1. The number of benzene rings is 2. The maximum absolute atomic E-state index is 14.1. The number of alkyl halides is 3. The Kier molecular flexibility index (Phi) is 14.1. The predicted octanol–water partition coefficient (Wildman–Crippen LogP) is 3.64. The molecular weight excluding hydrogens is 797 g/mol. The molecule has 2 aromatic rings. The van der Waals surface area contributed by atoms with E-state index >= 15 is 0 Å². The van der Waals surface area contributed by atoms with Gasteiger partial charge in [0, 0.05) is 91.1 Å². The van der Waals surface area contributed by atoms with Crippen LogP contribution in [-0.2, 0) is 42.9 Å². The summed E-state index contributed by atoms with van der Waals surface area (Å²) in [4.78, 5) is 75.3. The first-order valence-corrected chi connectivity index (χ1v) is 20.3. The second kappa shape index (κ2) is 19.1. The number of piperidine rings is 1. The van der Waals surface area contributed by atoms with Gasteiger partial charge in [0.2, 0.25) is 0 Å². The van der Waals surface area contributed by atoms with Gasteiger partial charge in [-0.15, -0.1) is 0 Å². The van der Waals surface area contributed by atoms with E-state index in [9.17, 15) is 37.1 Å². The van der Waals surface area contributed by atoms with Crippen molar-refractivity contribution in [1.82, 2.24) is 29.4 Å². The lowest BCUT2D eigenvalue weighted by atomic mass is 10.0. The number of nitrogen functional groups attached to an aromatic ring is 1. The Bertz CT molecular complexity index is 1870. The van der Waals surface area contributed by atoms with Gasteiger partial charge in [-0.05, 0) is 67.5 Å². The first-order chi connectivity index (χ1) is 28.0. The number of nitrogens with two attached hydrogens (primary N) is 1. The molecule has 4 aliphatic rings. The molecule has 322 valence electrons. The van der Waals surface area contributed by atoms with Crippen molar-refractivity contribution in [3.8, 4) is 0 Å². The van der Waals surface area contributed by atoms with Gasteiger partial charge < -0.3 is 40.1 Å². The Morgan fingerprint density at radius 2 is 1.66 bits per heavy atom. The third-order valence-corrected chi connectivity index (χ3v) is 11.8. The lowest BCUT2D eigenvalue weighted by molar-refractivity contribution is -0.151. The molecule has 2 atom stereocenters. The molecule has 0 spiro atoms. The summed E-state index contributed by atoms with van der Waals surface area (Å²) >= 11 is 6.13. The summed E-state index contributed by atoms with van der Waals surface area (Å²) in [5.74, 6) is -1.02. The number of rotatable bonds is 11. The van der Waals surface area contributed by atoms with Crippen molar-refractivity contribution in [2.45, 2.75) is 50.4 Å². The van der Waals surface area contributed by atoms with Crippen LogP contribution in [0.4, 0.5) is 34.1 Å². The van der Waals surface area contributed by atoms with Gasteiger partial charge in [0.25, 0.3) is 11.8 Å². The van der Waals surface area contributed by atoms with E-state index in [0.717, 1.165) is 30.3 Å². The lowest BCUT2D eigenvalue weighted by Gasteiger charge is -2.39. The Morgan fingerprint density at radius 1 is 0.949 bits per heavy atom. The van der Waals surface area contributed by atoms with Gasteiger partial charge in [-0.25, -0.2) is 9.59 Å². The fourth-order valence-electron chi connectivity index (χ4n) is 8.14. The highest BCUT2D eigenvalue weighted by Gasteiger charge is 2.38. The fraction of sp³-hybridized carbons (Fsp3) is 0.575. The summed E-state index contributed by atoms with van der Waals surface area (Å²) in [6, 6.07) is 9.38. The van der Waals surface area contributed by atoms with Crippen molar-refractivity contribution in [2.24, 2.45) is 5.92 Å². The van der Waals surface area contributed by atoms with Gasteiger partial charge in [-0.3, -0.25) is 24.2 Å². The van der Waals surface area contributed by atoms with Crippen LogP contribution in [0.3, 0.4) is 0 Å². The number of fused-ring (bicyclic) bond motifs is 1. The number of piperazine rings is 1. The molecule has 59 heavy (non-hydrogen) atoms. The van der Waals surface area contributed by atoms with E-state index in [1.165, 1.54) is 15.9 Å². The molecule has 6 rings (SSSR count). The number of likely N-dealkylation sites (tertiary alicyclic amines) is 2. The minimum Gasteiger partial charge on any atom is -0.455 e. The van der Waals surface area contributed by atoms with E-state index in [0.29, 0.717) is 65.1 Å². The zero-order valence-electron chi connectivity index (χ0n) is 33.3. The molecule has 0 aliphatic carbocycles. The van der Waals surface area contributed by atoms with Crippen molar-refractivity contribution in [3.05, 3.63) is 58.1 Å². The Balaban J connectivity index is 1.05. The topological polar surface area (TPSA) is 161 Å². The lowest BCUT2D eigenvalue weighted by Crippen LogP contribution is -2.54. The molecule has 19 heteroatoms. The molecule has 0 radical (unpaired) electrons. The van der Waals surface area contributed by atoms with E-state index in [1.54, 1.807) is 23.9 Å².